The summed E-state index contributed by atoms with van der Waals surface area (Å²) in [5.41, 5.74) is 6.59. The van der Waals surface area contributed by atoms with Crippen LogP contribution in [0.4, 0.5) is 0 Å². The first-order valence-electron chi connectivity index (χ1n) is 4.09. The van der Waals surface area contributed by atoms with Crippen molar-refractivity contribution in [1.29, 1.82) is 0 Å². The Kier molecular flexibility index (Phi) is 3.00. The lowest BCUT2D eigenvalue weighted by molar-refractivity contribution is -0.120. The molecule has 0 heterocycles. The summed E-state index contributed by atoms with van der Waals surface area (Å²) in [7, 11) is 0. The van der Waals surface area contributed by atoms with Gasteiger partial charge in [-0.1, -0.05) is 37.3 Å². The van der Waals surface area contributed by atoms with E-state index in [1.807, 2.05) is 37.3 Å². The molecule has 2 N–H and O–H groups in total. The SMILES string of the molecule is CCC(=O)[C@H](N)c1ccccc1. The lowest BCUT2D eigenvalue weighted by Crippen LogP contribution is -2.20. The molecular weight excluding hydrogens is 150 g/mol. The van der Waals surface area contributed by atoms with Crippen molar-refractivity contribution in [1.82, 2.24) is 0 Å². The molecule has 0 spiro atoms. The minimum absolute atomic E-state index is 0.0844. The number of hydrogen-bond acceptors (Lipinski definition) is 2. The molecule has 1 aromatic carbocycles. The van der Waals surface area contributed by atoms with Gasteiger partial charge >= 0.3 is 0 Å². The predicted octanol–water partition coefficient (Wildman–Crippen LogP) is 1.67. The first kappa shape index (κ1) is 8.94. The molecule has 0 aliphatic rings. The Morgan fingerprint density at radius 2 is 2.00 bits per heavy atom. The lowest BCUT2D eigenvalue weighted by atomic mass is 10.0. The Bertz CT molecular complexity index is 256. The lowest BCUT2D eigenvalue weighted by Gasteiger charge is -2.08. The van der Waals surface area contributed by atoms with Gasteiger partial charge in [0.1, 0.15) is 0 Å². The zero-order chi connectivity index (χ0) is 8.97. The molecule has 0 unspecified atom stereocenters. The average Bonchev–Trinajstić information content (AvgIpc) is 2.17. The van der Waals surface area contributed by atoms with E-state index in [-0.39, 0.29) is 5.78 Å². The Morgan fingerprint density at radius 1 is 1.42 bits per heavy atom. The summed E-state index contributed by atoms with van der Waals surface area (Å²) in [5.74, 6) is 0.0844. The van der Waals surface area contributed by atoms with Crippen LogP contribution in [0.2, 0.25) is 0 Å². The van der Waals surface area contributed by atoms with Crippen LogP contribution in [-0.4, -0.2) is 5.78 Å². The summed E-state index contributed by atoms with van der Waals surface area (Å²) in [5, 5.41) is 0. The van der Waals surface area contributed by atoms with Crippen molar-refractivity contribution in [2.45, 2.75) is 19.4 Å². The molecule has 1 aromatic rings. The number of benzene rings is 1. The van der Waals surface area contributed by atoms with Gasteiger partial charge in [-0.15, -0.1) is 0 Å². The molecule has 0 saturated carbocycles. The number of hydrogen-bond donors (Lipinski definition) is 1. The maximum absolute atomic E-state index is 11.2. The summed E-state index contributed by atoms with van der Waals surface area (Å²) in [6, 6.07) is 8.98. The van der Waals surface area contributed by atoms with Crippen molar-refractivity contribution in [3.8, 4) is 0 Å². The fraction of sp³-hybridized carbons (Fsp3) is 0.300. The van der Waals surface area contributed by atoms with Crippen molar-refractivity contribution in [3.63, 3.8) is 0 Å². The fourth-order valence-electron chi connectivity index (χ4n) is 1.07. The summed E-state index contributed by atoms with van der Waals surface area (Å²) in [6.07, 6.45) is 0.496. The zero-order valence-electron chi connectivity index (χ0n) is 7.16. The second-order valence-corrected chi connectivity index (χ2v) is 2.71. The molecule has 0 aliphatic carbocycles. The van der Waals surface area contributed by atoms with Crippen LogP contribution in [0.1, 0.15) is 24.9 Å². The van der Waals surface area contributed by atoms with Gasteiger partial charge in [-0.2, -0.15) is 0 Å². The number of nitrogens with two attached hydrogens (primary N) is 1. The normalized spacial score (nSPS) is 12.5. The molecule has 0 saturated heterocycles. The van der Waals surface area contributed by atoms with Gasteiger partial charge in [0, 0.05) is 6.42 Å². The quantitative estimate of drug-likeness (QED) is 0.736. The molecule has 2 heteroatoms. The molecule has 0 aromatic heterocycles. The Labute approximate surface area is 72.4 Å². The molecule has 0 bridgehead atoms. The van der Waals surface area contributed by atoms with Gasteiger partial charge < -0.3 is 5.73 Å². The molecule has 0 amide bonds. The maximum Gasteiger partial charge on any atom is 0.153 e. The minimum Gasteiger partial charge on any atom is -0.318 e. The van der Waals surface area contributed by atoms with E-state index in [0.29, 0.717) is 6.42 Å². The minimum atomic E-state index is -0.448. The molecule has 0 fully saturated rings. The highest BCUT2D eigenvalue weighted by Crippen LogP contribution is 2.11. The predicted molar refractivity (Wildman–Crippen MR) is 48.7 cm³/mol. The first-order chi connectivity index (χ1) is 5.75. The van der Waals surface area contributed by atoms with Gasteiger partial charge in [-0.25, -0.2) is 0 Å². The molecule has 0 radical (unpaired) electrons. The molecule has 1 atom stereocenters. The van der Waals surface area contributed by atoms with E-state index < -0.39 is 6.04 Å². The third-order valence-corrected chi connectivity index (χ3v) is 1.85. The standard InChI is InChI=1S/C10H13NO/c1-2-9(12)10(11)8-6-4-3-5-7-8/h3-7,10H,2,11H2,1H3/t10-/m1/s1. The summed E-state index contributed by atoms with van der Waals surface area (Å²) in [4.78, 5) is 11.2. The molecule has 64 valence electrons. The fourth-order valence-corrected chi connectivity index (χ4v) is 1.07. The van der Waals surface area contributed by atoms with Crippen LogP contribution in [0, 0.1) is 0 Å². The van der Waals surface area contributed by atoms with E-state index in [0.717, 1.165) is 5.56 Å². The molecule has 1 rings (SSSR count). The molecule has 0 aliphatic heterocycles. The number of carbonyl (C=O) groups is 1. The van der Waals surface area contributed by atoms with Crippen LogP contribution < -0.4 is 5.73 Å². The Hall–Kier alpha value is -1.15. The first-order valence-corrected chi connectivity index (χ1v) is 4.09. The van der Waals surface area contributed by atoms with Gasteiger partial charge in [0.15, 0.2) is 5.78 Å². The maximum atomic E-state index is 11.2. The smallest absolute Gasteiger partial charge is 0.153 e. The van der Waals surface area contributed by atoms with Crippen LogP contribution in [0.3, 0.4) is 0 Å². The number of carbonyl (C=O) groups excluding carboxylic acids is 1. The van der Waals surface area contributed by atoms with Crippen LogP contribution in [0.15, 0.2) is 30.3 Å². The third-order valence-electron chi connectivity index (χ3n) is 1.85. The van der Waals surface area contributed by atoms with E-state index in [4.69, 9.17) is 5.73 Å². The highest BCUT2D eigenvalue weighted by atomic mass is 16.1. The summed E-state index contributed by atoms with van der Waals surface area (Å²) >= 11 is 0. The summed E-state index contributed by atoms with van der Waals surface area (Å²) < 4.78 is 0. The van der Waals surface area contributed by atoms with Gasteiger partial charge in [0.2, 0.25) is 0 Å². The van der Waals surface area contributed by atoms with Crippen LogP contribution in [0.5, 0.6) is 0 Å². The van der Waals surface area contributed by atoms with E-state index >= 15 is 0 Å². The van der Waals surface area contributed by atoms with E-state index in [1.165, 1.54) is 0 Å². The van der Waals surface area contributed by atoms with Gasteiger partial charge in [0.05, 0.1) is 6.04 Å². The number of ketones is 1. The molecule has 12 heavy (non-hydrogen) atoms. The summed E-state index contributed by atoms with van der Waals surface area (Å²) in [6.45, 7) is 1.82. The van der Waals surface area contributed by atoms with Gasteiger partial charge in [-0.05, 0) is 5.56 Å². The van der Waals surface area contributed by atoms with Gasteiger partial charge in [-0.3, -0.25) is 4.79 Å². The van der Waals surface area contributed by atoms with Gasteiger partial charge in [0.25, 0.3) is 0 Å². The van der Waals surface area contributed by atoms with Crippen molar-refractivity contribution in [2.24, 2.45) is 5.73 Å². The molecule has 2 nitrogen and oxygen atoms in total. The second kappa shape index (κ2) is 4.02. The highest BCUT2D eigenvalue weighted by Gasteiger charge is 2.12. The Balaban J connectivity index is 2.78. The largest absolute Gasteiger partial charge is 0.318 e. The average molecular weight is 163 g/mol. The Morgan fingerprint density at radius 3 is 2.50 bits per heavy atom. The van der Waals surface area contributed by atoms with E-state index in [2.05, 4.69) is 0 Å². The van der Waals surface area contributed by atoms with E-state index in [1.54, 1.807) is 0 Å². The number of Topliss-reactive ketones (excluding diaryl/α,β-unsaturated/α-hetero) is 1. The van der Waals surface area contributed by atoms with Crippen molar-refractivity contribution in [3.05, 3.63) is 35.9 Å². The second-order valence-electron chi connectivity index (χ2n) is 2.71. The molecular formula is C10H13NO. The van der Waals surface area contributed by atoms with Crippen molar-refractivity contribution >= 4 is 5.78 Å². The van der Waals surface area contributed by atoms with Crippen LogP contribution >= 0.6 is 0 Å². The number of rotatable bonds is 3. The topological polar surface area (TPSA) is 43.1 Å². The van der Waals surface area contributed by atoms with Crippen molar-refractivity contribution < 1.29 is 4.79 Å². The van der Waals surface area contributed by atoms with Crippen LogP contribution in [0.25, 0.3) is 0 Å². The monoisotopic (exact) mass is 163 g/mol. The zero-order valence-corrected chi connectivity index (χ0v) is 7.16. The highest BCUT2D eigenvalue weighted by molar-refractivity contribution is 5.84. The van der Waals surface area contributed by atoms with E-state index in [9.17, 15) is 4.79 Å². The van der Waals surface area contributed by atoms with Crippen LogP contribution in [-0.2, 0) is 4.79 Å². The van der Waals surface area contributed by atoms with Crippen molar-refractivity contribution in [2.75, 3.05) is 0 Å². The third kappa shape index (κ3) is 1.92.